The second-order valence-electron chi connectivity index (χ2n) is 5.26. The molecule has 0 radical (unpaired) electrons. The van der Waals surface area contributed by atoms with Crippen molar-refractivity contribution in [2.75, 3.05) is 25.2 Å². The van der Waals surface area contributed by atoms with Crippen molar-refractivity contribution in [2.45, 2.75) is 57.4 Å². The monoisotopic (exact) mass is 259 g/mol. The van der Waals surface area contributed by atoms with E-state index in [0.29, 0.717) is 12.5 Å². The molecule has 1 saturated carbocycles. The van der Waals surface area contributed by atoms with Gasteiger partial charge < -0.3 is 10.4 Å². The topological polar surface area (TPSA) is 32.3 Å². The number of likely N-dealkylation sites (N-methyl/N-ethyl adjacent to an activating group) is 1. The van der Waals surface area contributed by atoms with Crippen molar-refractivity contribution in [1.29, 1.82) is 0 Å². The average Bonchev–Trinajstić information content (AvgIpc) is 2.77. The van der Waals surface area contributed by atoms with E-state index in [1.165, 1.54) is 50.0 Å². The summed E-state index contributed by atoms with van der Waals surface area (Å²) in [5.41, 5.74) is 0.0317. The van der Waals surface area contributed by atoms with E-state index in [-0.39, 0.29) is 5.54 Å². The Balaban J connectivity index is 2.17. The third-order valence-electron chi connectivity index (χ3n) is 4.24. The molecule has 0 saturated heterocycles. The molecule has 0 bridgehead atoms. The zero-order valence-corrected chi connectivity index (χ0v) is 12.3. The third kappa shape index (κ3) is 4.46. The Morgan fingerprint density at radius 1 is 1.35 bits per heavy atom. The fraction of sp³-hybridized carbons (Fsp3) is 1.00. The lowest BCUT2D eigenvalue weighted by Crippen LogP contribution is -2.49. The van der Waals surface area contributed by atoms with Gasteiger partial charge in [-0.1, -0.05) is 26.2 Å². The second kappa shape index (κ2) is 8.39. The van der Waals surface area contributed by atoms with Crippen molar-refractivity contribution in [3.05, 3.63) is 0 Å². The molecule has 0 aromatic rings. The zero-order chi connectivity index (χ0) is 12.6. The highest BCUT2D eigenvalue weighted by molar-refractivity contribution is 7.99. The van der Waals surface area contributed by atoms with Gasteiger partial charge in [0.25, 0.3) is 0 Å². The molecule has 2 N–H and O–H groups in total. The normalized spacial score (nSPS) is 28.8. The molecule has 0 spiro atoms. The van der Waals surface area contributed by atoms with Gasteiger partial charge >= 0.3 is 0 Å². The number of unbranched alkanes of at least 4 members (excludes halogenated alkanes) is 2. The van der Waals surface area contributed by atoms with Crippen LogP contribution in [0.3, 0.4) is 0 Å². The van der Waals surface area contributed by atoms with E-state index >= 15 is 0 Å². The van der Waals surface area contributed by atoms with Crippen LogP contribution in [0.25, 0.3) is 0 Å². The van der Waals surface area contributed by atoms with E-state index in [2.05, 4.69) is 24.0 Å². The molecule has 1 aliphatic carbocycles. The lowest BCUT2D eigenvalue weighted by Gasteiger charge is -2.33. The molecule has 1 rings (SSSR count). The van der Waals surface area contributed by atoms with Gasteiger partial charge in [-0.15, -0.1) is 0 Å². The van der Waals surface area contributed by atoms with Crippen LogP contribution in [-0.2, 0) is 0 Å². The van der Waals surface area contributed by atoms with E-state index in [1.807, 2.05) is 7.05 Å². The van der Waals surface area contributed by atoms with Crippen LogP contribution in [0, 0.1) is 5.92 Å². The van der Waals surface area contributed by atoms with Crippen molar-refractivity contribution >= 4 is 11.8 Å². The van der Waals surface area contributed by atoms with Gasteiger partial charge in [0.05, 0.1) is 6.61 Å². The van der Waals surface area contributed by atoms with Crippen molar-refractivity contribution < 1.29 is 5.11 Å². The minimum absolute atomic E-state index is 0.0317. The summed E-state index contributed by atoms with van der Waals surface area (Å²) >= 11 is 2.09. The number of hydrogen-bond donors (Lipinski definition) is 2. The Bertz CT molecular complexity index is 195. The van der Waals surface area contributed by atoms with Gasteiger partial charge in [-0.2, -0.15) is 11.8 Å². The largest absolute Gasteiger partial charge is 0.394 e. The lowest BCUT2D eigenvalue weighted by atomic mass is 9.86. The van der Waals surface area contributed by atoms with E-state index in [4.69, 9.17) is 0 Å². The van der Waals surface area contributed by atoms with E-state index in [0.717, 1.165) is 6.42 Å². The van der Waals surface area contributed by atoms with Crippen molar-refractivity contribution in [2.24, 2.45) is 5.92 Å². The van der Waals surface area contributed by atoms with Gasteiger partial charge in [0, 0.05) is 5.54 Å². The predicted octanol–water partition coefficient (Wildman–Crippen LogP) is 3.05. The maximum atomic E-state index is 9.59. The molecule has 0 aromatic heterocycles. The van der Waals surface area contributed by atoms with Crippen molar-refractivity contribution in [3.8, 4) is 0 Å². The van der Waals surface area contributed by atoms with Crippen LogP contribution in [0.2, 0.25) is 0 Å². The van der Waals surface area contributed by atoms with Crippen LogP contribution < -0.4 is 5.32 Å². The quantitative estimate of drug-likeness (QED) is 0.624. The third-order valence-corrected chi connectivity index (χ3v) is 5.34. The Morgan fingerprint density at radius 3 is 2.82 bits per heavy atom. The molecule has 1 fully saturated rings. The molecule has 3 heteroatoms. The standard InChI is InChI=1S/C14H29NOS/c1-3-4-5-10-17-11-8-13-7-6-9-14(13,12-16)15-2/h13,15-16H,3-12H2,1-2H3. The summed E-state index contributed by atoms with van der Waals surface area (Å²) in [7, 11) is 2.00. The first kappa shape index (κ1) is 15.3. The number of rotatable bonds is 9. The molecule has 2 nitrogen and oxygen atoms in total. The summed E-state index contributed by atoms with van der Waals surface area (Å²) in [6.07, 6.45) is 9.01. The van der Waals surface area contributed by atoms with Crippen molar-refractivity contribution in [1.82, 2.24) is 5.32 Å². The maximum Gasteiger partial charge on any atom is 0.0615 e. The van der Waals surface area contributed by atoms with E-state index < -0.39 is 0 Å². The van der Waals surface area contributed by atoms with Crippen LogP contribution in [0.5, 0.6) is 0 Å². The highest BCUT2D eigenvalue weighted by Gasteiger charge is 2.40. The average molecular weight is 259 g/mol. The number of thioether (sulfide) groups is 1. The van der Waals surface area contributed by atoms with Gasteiger partial charge in [0.15, 0.2) is 0 Å². The molecule has 0 aliphatic heterocycles. The second-order valence-corrected chi connectivity index (χ2v) is 6.49. The van der Waals surface area contributed by atoms with Crippen LogP contribution in [-0.4, -0.2) is 35.8 Å². The Kier molecular flexibility index (Phi) is 7.56. The molecule has 2 unspecified atom stereocenters. The van der Waals surface area contributed by atoms with Crippen molar-refractivity contribution in [3.63, 3.8) is 0 Å². The predicted molar refractivity (Wildman–Crippen MR) is 77.7 cm³/mol. The molecule has 0 amide bonds. The summed E-state index contributed by atoms with van der Waals surface area (Å²) in [5, 5.41) is 13.0. The molecule has 2 atom stereocenters. The molecule has 0 heterocycles. The number of hydrogen-bond acceptors (Lipinski definition) is 3. The molecular formula is C14H29NOS. The summed E-state index contributed by atoms with van der Waals surface area (Å²) in [6, 6.07) is 0. The van der Waals surface area contributed by atoms with Gasteiger partial charge in [0.1, 0.15) is 0 Å². The van der Waals surface area contributed by atoms with Crippen LogP contribution in [0.1, 0.15) is 51.9 Å². The summed E-state index contributed by atoms with van der Waals surface area (Å²) < 4.78 is 0. The minimum Gasteiger partial charge on any atom is -0.394 e. The molecular weight excluding hydrogens is 230 g/mol. The number of nitrogens with one attached hydrogen (secondary N) is 1. The number of aliphatic hydroxyl groups is 1. The zero-order valence-electron chi connectivity index (χ0n) is 11.5. The first-order chi connectivity index (χ1) is 8.29. The van der Waals surface area contributed by atoms with Gasteiger partial charge in [-0.25, -0.2) is 0 Å². The SMILES string of the molecule is CCCCCSCCC1CCCC1(CO)NC. The Labute approximate surface area is 111 Å². The Morgan fingerprint density at radius 2 is 2.18 bits per heavy atom. The summed E-state index contributed by atoms with van der Waals surface area (Å²) in [6.45, 7) is 2.56. The highest BCUT2D eigenvalue weighted by atomic mass is 32.2. The highest BCUT2D eigenvalue weighted by Crippen LogP contribution is 2.38. The van der Waals surface area contributed by atoms with Gasteiger partial charge in [-0.05, 0) is 50.2 Å². The molecule has 17 heavy (non-hydrogen) atoms. The smallest absolute Gasteiger partial charge is 0.0615 e. The first-order valence-corrected chi connectivity index (χ1v) is 8.32. The maximum absolute atomic E-state index is 9.59. The van der Waals surface area contributed by atoms with Gasteiger partial charge in [-0.3, -0.25) is 0 Å². The Hall–Kier alpha value is 0.270. The first-order valence-electron chi connectivity index (χ1n) is 7.16. The van der Waals surface area contributed by atoms with Crippen LogP contribution in [0.15, 0.2) is 0 Å². The van der Waals surface area contributed by atoms with Crippen LogP contribution in [0.4, 0.5) is 0 Å². The van der Waals surface area contributed by atoms with Crippen LogP contribution >= 0.6 is 11.8 Å². The molecule has 0 aromatic carbocycles. The molecule has 102 valence electrons. The fourth-order valence-electron chi connectivity index (χ4n) is 2.96. The fourth-order valence-corrected chi connectivity index (χ4v) is 4.03. The van der Waals surface area contributed by atoms with E-state index in [1.54, 1.807) is 0 Å². The van der Waals surface area contributed by atoms with E-state index in [9.17, 15) is 5.11 Å². The van der Waals surface area contributed by atoms with Gasteiger partial charge in [0.2, 0.25) is 0 Å². The number of aliphatic hydroxyl groups excluding tert-OH is 1. The minimum atomic E-state index is 0.0317. The summed E-state index contributed by atoms with van der Waals surface area (Å²) in [4.78, 5) is 0. The lowest BCUT2D eigenvalue weighted by molar-refractivity contribution is 0.130. The molecule has 1 aliphatic rings. The summed E-state index contributed by atoms with van der Waals surface area (Å²) in [5.74, 6) is 3.25.